The molecule has 1 aliphatic heterocycles. The van der Waals surface area contributed by atoms with Crippen molar-refractivity contribution < 1.29 is 19.1 Å². The molecular formula is C20H13NO4S. The van der Waals surface area contributed by atoms with Gasteiger partial charge in [0, 0.05) is 28.9 Å². The molecule has 26 heavy (non-hydrogen) atoms. The number of aromatic nitrogens is 1. The topological polar surface area (TPSA) is 65.5 Å². The molecule has 1 aliphatic rings. The fourth-order valence-electron chi connectivity index (χ4n) is 2.63. The minimum absolute atomic E-state index is 0.177. The summed E-state index contributed by atoms with van der Waals surface area (Å²) < 4.78 is 11.2. The number of esters is 1. The number of allylic oxidation sites excluding steroid dienone is 1. The van der Waals surface area contributed by atoms with Gasteiger partial charge in [-0.3, -0.25) is 9.78 Å². The zero-order valence-electron chi connectivity index (χ0n) is 13.8. The first-order valence-electron chi connectivity index (χ1n) is 7.87. The summed E-state index contributed by atoms with van der Waals surface area (Å²) in [5, 5.41) is 1.93. The van der Waals surface area contributed by atoms with Crippen molar-refractivity contribution in [2.75, 3.05) is 0 Å². The Kier molecular flexibility index (Phi) is 4.10. The van der Waals surface area contributed by atoms with Crippen LogP contribution >= 0.6 is 11.3 Å². The Balaban J connectivity index is 1.63. The molecule has 0 N–H and O–H groups in total. The Hall–Kier alpha value is -3.25. The number of Topliss-reactive ketones (excluding diaryl/α,β-unsaturated/α-hetero) is 1. The van der Waals surface area contributed by atoms with E-state index in [0.717, 1.165) is 4.88 Å². The lowest BCUT2D eigenvalue weighted by molar-refractivity contribution is 0.0733. The highest BCUT2D eigenvalue weighted by Gasteiger charge is 2.30. The number of thiophene rings is 1. The molecule has 0 aliphatic carbocycles. The molecule has 0 bridgehead atoms. The van der Waals surface area contributed by atoms with Gasteiger partial charge in [-0.05, 0) is 42.6 Å². The van der Waals surface area contributed by atoms with Gasteiger partial charge >= 0.3 is 5.97 Å². The van der Waals surface area contributed by atoms with E-state index >= 15 is 0 Å². The second kappa shape index (κ2) is 6.57. The molecule has 0 atom stereocenters. The molecule has 2 aromatic heterocycles. The van der Waals surface area contributed by atoms with Crippen LogP contribution in [0.3, 0.4) is 0 Å². The maximum atomic E-state index is 12.5. The van der Waals surface area contributed by atoms with Gasteiger partial charge in [0.25, 0.3) is 0 Å². The van der Waals surface area contributed by atoms with Crippen LogP contribution in [0.15, 0.2) is 59.9 Å². The largest absolute Gasteiger partial charge is 0.452 e. The van der Waals surface area contributed by atoms with Crippen molar-refractivity contribution in [3.63, 3.8) is 0 Å². The van der Waals surface area contributed by atoms with Crippen molar-refractivity contribution in [3.8, 4) is 11.5 Å². The monoisotopic (exact) mass is 363 g/mol. The van der Waals surface area contributed by atoms with Crippen LogP contribution in [0.25, 0.3) is 6.08 Å². The summed E-state index contributed by atoms with van der Waals surface area (Å²) in [7, 11) is 0. The fraction of sp³-hybridized carbons (Fsp3) is 0.0500. The molecule has 0 fully saturated rings. The van der Waals surface area contributed by atoms with Crippen LogP contribution in [0.1, 0.15) is 31.2 Å². The van der Waals surface area contributed by atoms with Crippen molar-refractivity contribution in [1.82, 2.24) is 4.98 Å². The molecule has 0 spiro atoms. The number of nitrogens with zero attached hydrogens (tertiary/aromatic N) is 1. The van der Waals surface area contributed by atoms with E-state index < -0.39 is 5.97 Å². The number of benzene rings is 1. The molecule has 0 amide bonds. The van der Waals surface area contributed by atoms with E-state index in [1.165, 1.54) is 23.7 Å². The van der Waals surface area contributed by atoms with Crippen LogP contribution in [0.2, 0.25) is 0 Å². The minimum Gasteiger partial charge on any atom is -0.452 e. The maximum absolute atomic E-state index is 12.5. The smallest absolute Gasteiger partial charge is 0.343 e. The lowest BCUT2D eigenvalue weighted by Gasteiger charge is -2.10. The van der Waals surface area contributed by atoms with Crippen molar-refractivity contribution >= 4 is 29.2 Å². The molecule has 4 rings (SSSR count). The van der Waals surface area contributed by atoms with Gasteiger partial charge in [-0.25, -0.2) is 4.79 Å². The van der Waals surface area contributed by atoms with E-state index in [0.29, 0.717) is 28.2 Å². The SMILES string of the molecule is Cc1c(OC(=O)c2ccncc2)ccc2c1O/C(=C\c1cccs1)C2=O. The lowest BCUT2D eigenvalue weighted by Crippen LogP contribution is -2.09. The number of hydrogen-bond acceptors (Lipinski definition) is 6. The molecule has 0 unspecified atom stereocenters. The summed E-state index contributed by atoms with van der Waals surface area (Å²) >= 11 is 1.52. The van der Waals surface area contributed by atoms with Crippen molar-refractivity contribution in [3.05, 3.63) is 81.5 Å². The fourth-order valence-corrected chi connectivity index (χ4v) is 3.27. The van der Waals surface area contributed by atoms with Crippen LogP contribution in [-0.2, 0) is 0 Å². The first-order chi connectivity index (χ1) is 12.6. The molecule has 0 saturated heterocycles. The first-order valence-corrected chi connectivity index (χ1v) is 8.75. The van der Waals surface area contributed by atoms with Crippen LogP contribution in [-0.4, -0.2) is 16.7 Å². The van der Waals surface area contributed by atoms with E-state index in [2.05, 4.69) is 4.98 Å². The number of carbonyl (C=O) groups excluding carboxylic acids is 2. The Morgan fingerprint density at radius 1 is 1.19 bits per heavy atom. The summed E-state index contributed by atoms with van der Waals surface area (Å²) in [5.74, 6) is 0.384. The van der Waals surface area contributed by atoms with Crippen LogP contribution in [0, 0.1) is 6.92 Å². The van der Waals surface area contributed by atoms with E-state index in [9.17, 15) is 9.59 Å². The second-order valence-corrected chi connectivity index (χ2v) is 6.63. The van der Waals surface area contributed by atoms with Crippen molar-refractivity contribution in [2.24, 2.45) is 0 Å². The number of ketones is 1. The van der Waals surface area contributed by atoms with E-state index in [4.69, 9.17) is 9.47 Å². The van der Waals surface area contributed by atoms with Gasteiger partial charge in [0.1, 0.15) is 11.5 Å². The second-order valence-electron chi connectivity index (χ2n) is 5.65. The normalized spacial score (nSPS) is 14.2. The van der Waals surface area contributed by atoms with Crippen LogP contribution < -0.4 is 9.47 Å². The molecule has 3 aromatic rings. The van der Waals surface area contributed by atoms with E-state index in [1.807, 2.05) is 17.5 Å². The summed E-state index contributed by atoms with van der Waals surface area (Å²) in [6, 6.07) is 10.2. The van der Waals surface area contributed by atoms with E-state index in [1.54, 1.807) is 37.3 Å². The molecule has 0 radical (unpaired) electrons. The molecule has 3 heterocycles. The Bertz CT molecular complexity index is 1020. The van der Waals surface area contributed by atoms with Crippen LogP contribution in [0.5, 0.6) is 11.5 Å². The highest BCUT2D eigenvalue weighted by Crippen LogP contribution is 2.39. The molecule has 5 nitrogen and oxygen atoms in total. The van der Waals surface area contributed by atoms with Crippen molar-refractivity contribution in [1.29, 1.82) is 0 Å². The van der Waals surface area contributed by atoms with Gasteiger partial charge in [-0.15, -0.1) is 11.3 Å². The molecule has 0 saturated carbocycles. The van der Waals surface area contributed by atoms with Crippen molar-refractivity contribution in [2.45, 2.75) is 6.92 Å². The lowest BCUT2D eigenvalue weighted by atomic mass is 10.1. The van der Waals surface area contributed by atoms with Gasteiger partial charge in [0.2, 0.25) is 5.78 Å². The Morgan fingerprint density at radius 2 is 2.00 bits per heavy atom. The van der Waals surface area contributed by atoms with Gasteiger partial charge in [0.05, 0.1) is 11.1 Å². The predicted octanol–water partition coefficient (Wildman–Crippen LogP) is 4.29. The summed E-state index contributed by atoms with van der Waals surface area (Å²) in [5.41, 5.74) is 1.47. The maximum Gasteiger partial charge on any atom is 0.343 e. The molecule has 1 aromatic carbocycles. The highest BCUT2D eigenvalue weighted by atomic mass is 32.1. The first kappa shape index (κ1) is 16.2. The number of hydrogen-bond donors (Lipinski definition) is 0. The zero-order valence-corrected chi connectivity index (χ0v) is 14.6. The highest BCUT2D eigenvalue weighted by molar-refractivity contribution is 7.10. The number of pyridine rings is 1. The number of carbonyl (C=O) groups is 2. The quantitative estimate of drug-likeness (QED) is 0.395. The minimum atomic E-state index is -0.492. The third-order valence-corrected chi connectivity index (χ3v) is 4.79. The van der Waals surface area contributed by atoms with E-state index in [-0.39, 0.29) is 11.5 Å². The number of fused-ring (bicyclic) bond motifs is 1. The zero-order chi connectivity index (χ0) is 18.1. The molecule has 6 heteroatoms. The third-order valence-electron chi connectivity index (χ3n) is 3.97. The summed E-state index contributed by atoms with van der Waals surface area (Å²) in [4.78, 5) is 29.6. The number of rotatable bonds is 3. The summed E-state index contributed by atoms with van der Waals surface area (Å²) in [6.45, 7) is 1.76. The van der Waals surface area contributed by atoms with Gasteiger partial charge in [-0.1, -0.05) is 6.07 Å². The summed E-state index contributed by atoms with van der Waals surface area (Å²) in [6.07, 6.45) is 4.76. The van der Waals surface area contributed by atoms with Gasteiger partial charge in [0.15, 0.2) is 5.76 Å². The predicted molar refractivity (Wildman–Crippen MR) is 97.6 cm³/mol. The Morgan fingerprint density at radius 3 is 2.73 bits per heavy atom. The van der Waals surface area contributed by atoms with Crippen LogP contribution in [0.4, 0.5) is 0 Å². The standard InChI is InChI=1S/C20H13NO4S/c1-12-16(25-20(23)13-6-8-21-9-7-13)5-4-15-18(22)17(24-19(12)15)11-14-3-2-10-26-14/h2-11H,1H3/b17-11-. The number of ether oxygens (including phenoxy) is 2. The average Bonchev–Trinajstić information content (AvgIpc) is 3.28. The van der Waals surface area contributed by atoms with Gasteiger partial charge < -0.3 is 9.47 Å². The van der Waals surface area contributed by atoms with Gasteiger partial charge in [-0.2, -0.15) is 0 Å². The Labute approximate surface area is 153 Å². The average molecular weight is 363 g/mol. The molecule has 128 valence electrons. The third kappa shape index (κ3) is 2.91. The molecular weight excluding hydrogens is 350 g/mol.